The molecule has 0 unspecified atom stereocenters. The van der Waals surface area contributed by atoms with Crippen molar-refractivity contribution in [3.8, 4) is 5.75 Å². The molecule has 0 N–H and O–H groups in total. The number of methoxy groups -OCH3 is 1. The molecule has 1 aromatic carbocycles. The number of benzene rings is 1. The Morgan fingerprint density at radius 2 is 1.50 bits per heavy atom. The van der Waals surface area contributed by atoms with Crippen molar-refractivity contribution in [1.82, 2.24) is 4.90 Å². The second-order valence-corrected chi connectivity index (χ2v) is 5.63. The van der Waals surface area contributed by atoms with Crippen LogP contribution in [0.2, 0.25) is 0 Å². The molecule has 1 saturated heterocycles. The van der Waals surface area contributed by atoms with Crippen molar-refractivity contribution in [2.45, 2.75) is 45.3 Å². The molecular formula is C18H25NO5. The first kappa shape index (κ1) is 18.3. The molecular weight excluding hydrogens is 310 g/mol. The smallest absolute Gasteiger partial charge is 0.323 e. The summed E-state index contributed by atoms with van der Waals surface area (Å²) in [5.41, 5.74) is 1.00. The molecule has 2 atom stereocenters. The highest BCUT2D eigenvalue weighted by Crippen LogP contribution is 2.28. The molecule has 132 valence electrons. The third kappa shape index (κ3) is 4.26. The quantitative estimate of drug-likeness (QED) is 0.712. The lowest BCUT2D eigenvalue weighted by atomic mass is 10.1. The second-order valence-electron chi connectivity index (χ2n) is 5.63. The van der Waals surface area contributed by atoms with Gasteiger partial charge in [0.1, 0.15) is 17.8 Å². The van der Waals surface area contributed by atoms with Crippen LogP contribution in [0.3, 0.4) is 0 Å². The molecule has 1 aromatic rings. The maximum atomic E-state index is 12.2. The molecule has 0 bridgehead atoms. The summed E-state index contributed by atoms with van der Waals surface area (Å²) >= 11 is 0. The lowest BCUT2D eigenvalue weighted by molar-refractivity contribution is -0.153. The maximum absolute atomic E-state index is 12.2. The van der Waals surface area contributed by atoms with Gasteiger partial charge in [0, 0.05) is 6.54 Å². The Hall–Kier alpha value is -2.08. The Bertz CT molecular complexity index is 531. The number of carbonyl (C=O) groups is 2. The van der Waals surface area contributed by atoms with Gasteiger partial charge in [-0.3, -0.25) is 14.5 Å². The van der Waals surface area contributed by atoms with Crippen molar-refractivity contribution in [1.29, 1.82) is 0 Å². The fourth-order valence-electron chi connectivity index (χ4n) is 3.01. The number of rotatable bonds is 7. The Balaban J connectivity index is 2.17. The van der Waals surface area contributed by atoms with Gasteiger partial charge >= 0.3 is 11.9 Å². The van der Waals surface area contributed by atoms with Crippen molar-refractivity contribution in [3.05, 3.63) is 29.8 Å². The lowest BCUT2D eigenvalue weighted by Crippen LogP contribution is -2.44. The maximum Gasteiger partial charge on any atom is 0.323 e. The van der Waals surface area contributed by atoms with Crippen LogP contribution in [0.4, 0.5) is 0 Å². The molecule has 0 amide bonds. The molecule has 1 aliphatic rings. The monoisotopic (exact) mass is 335 g/mol. The predicted molar refractivity (Wildman–Crippen MR) is 88.6 cm³/mol. The van der Waals surface area contributed by atoms with Crippen LogP contribution in [0.15, 0.2) is 24.3 Å². The van der Waals surface area contributed by atoms with Gasteiger partial charge in [0.15, 0.2) is 0 Å². The minimum Gasteiger partial charge on any atom is -0.497 e. The molecule has 1 heterocycles. The van der Waals surface area contributed by atoms with E-state index in [1.165, 1.54) is 0 Å². The van der Waals surface area contributed by atoms with Crippen LogP contribution in [0, 0.1) is 0 Å². The lowest BCUT2D eigenvalue weighted by Gasteiger charge is -2.27. The van der Waals surface area contributed by atoms with E-state index in [-0.39, 0.29) is 11.9 Å². The fraction of sp³-hybridized carbons (Fsp3) is 0.556. The third-order valence-electron chi connectivity index (χ3n) is 4.16. The van der Waals surface area contributed by atoms with Crippen LogP contribution < -0.4 is 4.74 Å². The summed E-state index contributed by atoms with van der Waals surface area (Å²) in [6.45, 7) is 4.70. The number of esters is 2. The summed E-state index contributed by atoms with van der Waals surface area (Å²) in [6.07, 6.45) is 1.19. The topological polar surface area (TPSA) is 65.1 Å². The number of ether oxygens (including phenoxy) is 3. The van der Waals surface area contributed by atoms with Crippen LogP contribution in [0.1, 0.15) is 32.3 Å². The van der Waals surface area contributed by atoms with Crippen molar-refractivity contribution in [2.24, 2.45) is 0 Å². The highest BCUT2D eigenvalue weighted by Gasteiger charge is 2.42. The van der Waals surface area contributed by atoms with Crippen LogP contribution in [-0.4, -0.2) is 49.2 Å². The molecule has 6 nitrogen and oxygen atoms in total. The normalized spacial score (nSPS) is 20.6. The van der Waals surface area contributed by atoms with E-state index in [9.17, 15) is 9.59 Å². The molecule has 24 heavy (non-hydrogen) atoms. The largest absolute Gasteiger partial charge is 0.497 e. The zero-order chi connectivity index (χ0) is 17.5. The zero-order valence-corrected chi connectivity index (χ0v) is 14.5. The molecule has 0 radical (unpaired) electrons. The van der Waals surface area contributed by atoms with Gasteiger partial charge < -0.3 is 14.2 Å². The summed E-state index contributed by atoms with van der Waals surface area (Å²) in [7, 11) is 1.61. The van der Waals surface area contributed by atoms with Gasteiger partial charge in [-0.15, -0.1) is 0 Å². The summed E-state index contributed by atoms with van der Waals surface area (Å²) in [6, 6.07) is 6.76. The van der Waals surface area contributed by atoms with E-state index < -0.39 is 12.1 Å². The van der Waals surface area contributed by atoms with Crippen LogP contribution >= 0.6 is 0 Å². The number of nitrogens with zero attached hydrogens (tertiary/aromatic N) is 1. The molecule has 0 spiro atoms. The number of likely N-dealkylation sites (tertiary alicyclic amines) is 1. The third-order valence-corrected chi connectivity index (χ3v) is 4.16. The second kappa shape index (κ2) is 8.68. The van der Waals surface area contributed by atoms with E-state index in [1.807, 2.05) is 29.2 Å². The molecule has 1 aliphatic heterocycles. The minimum atomic E-state index is -0.415. The fourth-order valence-corrected chi connectivity index (χ4v) is 3.01. The van der Waals surface area contributed by atoms with Crippen molar-refractivity contribution in [2.75, 3.05) is 20.3 Å². The molecule has 0 aromatic heterocycles. The molecule has 1 fully saturated rings. The molecule has 2 rings (SSSR count). The van der Waals surface area contributed by atoms with Gasteiger partial charge in [-0.1, -0.05) is 12.1 Å². The van der Waals surface area contributed by atoms with E-state index >= 15 is 0 Å². The van der Waals surface area contributed by atoms with Crippen LogP contribution in [-0.2, 0) is 25.6 Å². The number of carbonyl (C=O) groups excluding carboxylic acids is 2. The van der Waals surface area contributed by atoms with E-state index in [1.54, 1.807) is 21.0 Å². The Morgan fingerprint density at radius 3 is 1.92 bits per heavy atom. The predicted octanol–water partition coefficient (Wildman–Crippen LogP) is 2.15. The first-order chi connectivity index (χ1) is 11.6. The number of hydrogen-bond acceptors (Lipinski definition) is 6. The first-order valence-electron chi connectivity index (χ1n) is 8.32. The van der Waals surface area contributed by atoms with Crippen molar-refractivity contribution in [3.63, 3.8) is 0 Å². The molecule has 0 aliphatic carbocycles. The van der Waals surface area contributed by atoms with Gasteiger partial charge in [-0.25, -0.2) is 0 Å². The summed E-state index contributed by atoms with van der Waals surface area (Å²) < 4.78 is 15.5. The Labute approximate surface area is 142 Å². The van der Waals surface area contributed by atoms with Gasteiger partial charge in [0.25, 0.3) is 0 Å². The SMILES string of the molecule is CCOC(=O)[C@H]1CC[C@H](C(=O)OCC)N1Cc1ccc(OC)cc1. The van der Waals surface area contributed by atoms with Gasteiger partial charge in [-0.05, 0) is 44.4 Å². The highest BCUT2D eigenvalue weighted by molar-refractivity contribution is 5.81. The summed E-state index contributed by atoms with van der Waals surface area (Å²) in [5, 5.41) is 0. The van der Waals surface area contributed by atoms with E-state index in [2.05, 4.69) is 0 Å². The zero-order valence-electron chi connectivity index (χ0n) is 14.5. The highest BCUT2D eigenvalue weighted by atomic mass is 16.5. The average molecular weight is 335 g/mol. The molecule has 0 saturated carbocycles. The summed E-state index contributed by atoms with van der Waals surface area (Å²) in [4.78, 5) is 26.4. The van der Waals surface area contributed by atoms with Crippen molar-refractivity contribution >= 4 is 11.9 Å². The van der Waals surface area contributed by atoms with Gasteiger partial charge in [-0.2, -0.15) is 0 Å². The number of hydrogen-bond donors (Lipinski definition) is 0. The van der Waals surface area contributed by atoms with Crippen molar-refractivity contribution < 1.29 is 23.8 Å². The Morgan fingerprint density at radius 1 is 1.00 bits per heavy atom. The minimum absolute atomic E-state index is 0.280. The van der Waals surface area contributed by atoms with Crippen LogP contribution in [0.25, 0.3) is 0 Å². The van der Waals surface area contributed by atoms with E-state index in [4.69, 9.17) is 14.2 Å². The van der Waals surface area contributed by atoms with Gasteiger partial charge in [0.2, 0.25) is 0 Å². The molecule has 6 heteroatoms. The van der Waals surface area contributed by atoms with Gasteiger partial charge in [0.05, 0.1) is 20.3 Å². The van der Waals surface area contributed by atoms with Crippen LogP contribution in [0.5, 0.6) is 5.75 Å². The summed E-state index contributed by atoms with van der Waals surface area (Å²) in [5.74, 6) is 0.208. The van der Waals surface area contributed by atoms with E-state index in [0.717, 1.165) is 11.3 Å². The first-order valence-corrected chi connectivity index (χ1v) is 8.32. The Kier molecular flexibility index (Phi) is 6.61. The standard InChI is InChI=1S/C18H25NO5/c1-4-23-17(20)15-10-11-16(18(21)24-5-2)19(15)12-13-6-8-14(22-3)9-7-13/h6-9,15-16H,4-5,10-12H2,1-3H3/t15-,16-/m1/s1. The van der Waals surface area contributed by atoms with E-state index in [0.29, 0.717) is 32.6 Å². The average Bonchev–Trinajstić information content (AvgIpc) is 3.00.